The lowest BCUT2D eigenvalue weighted by Crippen LogP contribution is -2.11. The van der Waals surface area contributed by atoms with Crippen molar-refractivity contribution in [3.8, 4) is 11.5 Å². The Morgan fingerprint density at radius 3 is 1.45 bits per heavy atom. The van der Waals surface area contributed by atoms with Gasteiger partial charge in [-0.2, -0.15) is 0 Å². The molecule has 0 spiro atoms. The highest BCUT2D eigenvalue weighted by Crippen LogP contribution is 2.18. The molecular weight excluding hydrogens is 364 g/mol. The normalized spacial score (nSPS) is 8.07. The fraction of sp³-hybridized carbons (Fsp3) is 0.440. The number of hydrogen-bond acceptors (Lipinski definition) is 4. The molecule has 0 heterocycles. The van der Waals surface area contributed by atoms with Crippen LogP contribution < -0.4 is 9.47 Å². The molecule has 29 heavy (non-hydrogen) atoms. The van der Waals surface area contributed by atoms with Gasteiger partial charge < -0.3 is 9.47 Å². The van der Waals surface area contributed by atoms with E-state index in [0.29, 0.717) is 5.75 Å². The second-order valence-corrected chi connectivity index (χ2v) is 5.02. The Morgan fingerprint density at radius 1 is 0.724 bits per heavy atom. The molecule has 0 bridgehead atoms. The first-order valence-electron chi connectivity index (χ1n) is 8.99. The van der Waals surface area contributed by atoms with Crippen LogP contribution in [-0.2, 0) is 16.0 Å². The van der Waals surface area contributed by atoms with E-state index in [9.17, 15) is 9.59 Å². The molecule has 2 aromatic carbocycles. The van der Waals surface area contributed by atoms with Gasteiger partial charge in [0.1, 0.15) is 23.7 Å². The average Bonchev–Trinajstić information content (AvgIpc) is 2.66. The third-order valence-corrected chi connectivity index (χ3v) is 3.12. The molecule has 4 heteroatoms. The van der Waals surface area contributed by atoms with Gasteiger partial charge in [-0.25, -0.2) is 0 Å². The molecule has 0 saturated heterocycles. The number of hydrogen-bond donors (Lipinski definition) is 0. The zero-order valence-electron chi connectivity index (χ0n) is 16.7. The van der Waals surface area contributed by atoms with Crippen LogP contribution in [-0.4, -0.2) is 18.9 Å². The van der Waals surface area contributed by atoms with Gasteiger partial charge in [0.2, 0.25) is 0 Å². The Bertz CT molecular complexity index is 644. The highest BCUT2D eigenvalue weighted by Gasteiger charge is 2.07. The van der Waals surface area contributed by atoms with Crippen molar-refractivity contribution in [1.82, 2.24) is 0 Å². The Kier molecular flexibility index (Phi) is 23.5. The largest absolute Gasteiger partial charge is 0.497 e. The third kappa shape index (κ3) is 14.1. The predicted octanol–water partition coefficient (Wildman–Crippen LogP) is 7.13. The molecule has 0 unspecified atom stereocenters. The first kappa shape index (κ1) is 33.9. The van der Waals surface area contributed by atoms with Gasteiger partial charge >= 0.3 is 5.97 Å². The molecule has 0 fully saturated rings. The summed E-state index contributed by atoms with van der Waals surface area (Å²) in [6, 6.07) is 15.1. The van der Waals surface area contributed by atoms with Gasteiger partial charge in [-0.1, -0.05) is 74.2 Å². The lowest BCUT2D eigenvalue weighted by Gasteiger charge is -2.06. The molecule has 2 rings (SSSR count). The van der Waals surface area contributed by atoms with Crippen LogP contribution in [0.3, 0.4) is 0 Å². The molecule has 166 valence electrons. The van der Waals surface area contributed by atoms with E-state index in [1.54, 1.807) is 19.2 Å². The van der Waals surface area contributed by atoms with E-state index >= 15 is 0 Å². The van der Waals surface area contributed by atoms with Gasteiger partial charge in [0.05, 0.1) is 7.11 Å². The van der Waals surface area contributed by atoms with Crippen molar-refractivity contribution in [3.63, 3.8) is 0 Å². The smallest absolute Gasteiger partial charge is 0.318 e. The summed E-state index contributed by atoms with van der Waals surface area (Å²) in [5.41, 5.74) is 2.28. The van der Waals surface area contributed by atoms with E-state index in [1.807, 2.05) is 64.1 Å². The first-order valence-corrected chi connectivity index (χ1v) is 8.99. The van der Waals surface area contributed by atoms with Gasteiger partial charge in [-0.15, -0.1) is 0 Å². The quantitative estimate of drug-likeness (QED) is 0.291. The molecule has 0 saturated carbocycles. The van der Waals surface area contributed by atoms with E-state index in [4.69, 9.17) is 9.47 Å². The fourth-order valence-corrected chi connectivity index (χ4v) is 2.03. The lowest BCUT2D eigenvalue weighted by atomic mass is 10.0. The molecule has 4 nitrogen and oxygen atoms in total. The Morgan fingerprint density at radius 2 is 1.10 bits per heavy atom. The number of rotatable bonds is 6. The number of esters is 1. The molecule has 2 aromatic rings. The number of carbonyl (C=O) groups is 2. The number of carbonyl (C=O) groups excluding carboxylic acids is 2. The number of Topliss-reactive ketones (excluding diaryl/α,β-unsaturated/α-hetero) is 1. The second-order valence-electron chi connectivity index (χ2n) is 5.02. The minimum atomic E-state index is -0.532. The monoisotopic (exact) mass is 406 g/mol. The Labute approximate surface area is 179 Å². The summed E-state index contributed by atoms with van der Waals surface area (Å²) in [5, 5.41) is 0. The van der Waals surface area contributed by atoms with Crippen molar-refractivity contribution in [2.24, 2.45) is 0 Å². The third-order valence-electron chi connectivity index (χ3n) is 3.12. The van der Waals surface area contributed by atoms with Crippen LogP contribution in [0.2, 0.25) is 0 Å². The number of methoxy groups -OCH3 is 1. The maximum Gasteiger partial charge on any atom is 0.318 e. The number of benzene rings is 2. The Hall–Kier alpha value is -2.62. The summed E-state index contributed by atoms with van der Waals surface area (Å²) in [6.45, 7) is 9.36. The van der Waals surface area contributed by atoms with E-state index < -0.39 is 5.97 Å². The molecule has 0 N–H and O–H groups in total. The van der Waals surface area contributed by atoms with Gasteiger partial charge in [0, 0.05) is 0 Å². The molecule has 0 radical (unpaired) electrons. The van der Waals surface area contributed by atoms with Gasteiger partial charge in [-0.3, -0.25) is 9.59 Å². The van der Waals surface area contributed by atoms with Crippen molar-refractivity contribution in [3.05, 3.63) is 59.7 Å². The lowest BCUT2D eigenvalue weighted by molar-refractivity contribution is -0.137. The summed E-state index contributed by atoms with van der Waals surface area (Å²) in [4.78, 5) is 22.2. The molecule has 0 aliphatic rings. The maximum atomic E-state index is 11.4. The average molecular weight is 407 g/mol. The minimum Gasteiger partial charge on any atom is -0.497 e. The summed E-state index contributed by atoms with van der Waals surface area (Å²) >= 11 is 0. The topological polar surface area (TPSA) is 52.6 Å². The van der Waals surface area contributed by atoms with E-state index in [0.717, 1.165) is 17.7 Å². The van der Waals surface area contributed by atoms with Crippen molar-refractivity contribution < 1.29 is 19.1 Å². The predicted molar refractivity (Wildman–Crippen MR) is 126 cm³/mol. The molecular formula is C25H42O4. The molecule has 0 atom stereocenters. The number of ketones is 1. The second kappa shape index (κ2) is 20.1. The zero-order chi connectivity index (χ0) is 19.9. The van der Waals surface area contributed by atoms with Crippen LogP contribution >= 0.6 is 0 Å². The van der Waals surface area contributed by atoms with Crippen molar-refractivity contribution in [2.45, 2.75) is 69.7 Å². The number of ether oxygens (including phenoxy) is 2. The van der Waals surface area contributed by atoms with Crippen LogP contribution in [0, 0.1) is 0 Å². The molecule has 0 aromatic heterocycles. The van der Waals surface area contributed by atoms with Crippen molar-refractivity contribution in [2.75, 3.05) is 7.11 Å². The highest BCUT2D eigenvalue weighted by atomic mass is 16.5. The maximum absolute atomic E-state index is 11.4. The summed E-state index contributed by atoms with van der Waals surface area (Å²) < 4.78 is 10.2. The minimum absolute atomic E-state index is 0. The van der Waals surface area contributed by atoms with E-state index in [-0.39, 0.29) is 34.5 Å². The highest BCUT2D eigenvalue weighted by molar-refractivity contribution is 5.94. The van der Waals surface area contributed by atoms with Crippen molar-refractivity contribution >= 4 is 11.8 Å². The van der Waals surface area contributed by atoms with E-state index in [1.165, 1.54) is 12.5 Å². The fourth-order valence-electron chi connectivity index (χ4n) is 2.03. The molecule has 0 aliphatic carbocycles. The van der Waals surface area contributed by atoms with Gasteiger partial charge in [0.25, 0.3) is 0 Å². The van der Waals surface area contributed by atoms with Crippen LogP contribution in [0.1, 0.15) is 74.4 Å². The summed E-state index contributed by atoms with van der Waals surface area (Å²) in [7, 11) is 1.64. The molecule has 0 aliphatic heterocycles. The first-order chi connectivity index (χ1) is 12.6. The zero-order valence-corrected chi connectivity index (χ0v) is 16.7. The van der Waals surface area contributed by atoms with Crippen LogP contribution in [0.25, 0.3) is 0 Å². The summed E-state index contributed by atoms with van der Waals surface area (Å²) in [6.07, 6.45) is 0.583. The van der Waals surface area contributed by atoms with Crippen LogP contribution in [0.5, 0.6) is 11.5 Å². The summed E-state index contributed by atoms with van der Waals surface area (Å²) in [5.74, 6) is 0.540. The van der Waals surface area contributed by atoms with Crippen molar-refractivity contribution in [1.29, 1.82) is 0 Å². The Balaban J connectivity index is -0.000000420. The molecule has 0 amide bonds. The van der Waals surface area contributed by atoms with Gasteiger partial charge in [-0.05, 0) is 48.7 Å². The van der Waals surface area contributed by atoms with Gasteiger partial charge in [0.15, 0.2) is 0 Å². The van der Waals surface area contributed by atoms with Crippen LogP contribution in [0.4, 0.5) is 0 Å². The van der Waals surface area contributed by atoms with E-state index in [2.05, 4.69) is 0 Å². The van der Waals surface area contributed by atoms with Crippen LogP contribution in [0.15, 0.2) is 48.5 Å². The standard InChI is InChI=1S/C18H18O4.2C2H6.3CH4/c1-13(19)11-18(20)22-17-9-5-15(6-10-17)12-14-3-7-16(21-2)8-4-14;2*1-2;;;/h3-10H,11-12H2,1-2H3;2*1-2H3;3*1H4. The SMILES string of the molecule is C.C.C.CC.CC.COc1ccc(Cc2ccc(OC(=O)CC(C)=O)cc2)cc1.